The minimum absolute atomic E-state index is 0.134. The van der Waals surface area contributed by atoms with Crippen LogP contribution in [0.2, 0.25) is 0 Å². The molecule has 1 saturated heterocycles. The predicted molar refractivity (Wildman–Crippen MR) is 65.5 cm³/mol. The molecular weight excluding hydrogens is 242 g/mol. The van der Waals surface area contributed by atoms with Gasteiger partial charge in [0.2, 0.25) is 15.9 Å². The molecule has 1 fully saturated rings. The molecule has 0 aliphatic carbocycles. The molecule has 1 aliphatic rings. The summed E-state index contributed by atoms with van der Waals surface area (Å²) in [6.07, 6.45) is 1.53. The van der Waals surface area contributed by atoms with E-state index in [0.29, 0.717) is 32.4 Å². The van der Waals surface area contributed by atoms with Crippen molar-refractivity contribution in [2.24, 2.45) is 17.4 Å². The van der Waals surface area contributed by atoms with Gasteiger partial charge in [-0.2, -0.15) is 0 Å². The monoisotopic (exact) mass is 263 g/mol. The van der Waals surface area contributed by atoms with Crippen LogP contribution in [-0.4, -0.2) is 43.5 Å². The number of rotatable bonds is 5. The topological polar surface area (TPSA) is 106 Å². The number of carbonyl (C=O) groups excluding carboxylic acids is 1. The minimum Gasteiger partial charge on any atom is -0.369 e. The highest BCUT2D eigenvalue weighted by Crippen LogP contribution is 2.22. The third-order valence-corrected chi connectivity index (χ3v) is 5.81. The Balaban J connectivity index is 2.67. The van der Waals surface area contributed by atoms with Crippen LogP contribution in [0.5, 0.6) is 0 Å². The fraction of sp³-hybridized carbons (Fsp3) is 0.900. The molecule has 1 heterocycles. The lowest BCUT2D eigenvalue weighted by Gasteiger charge is -2.32. The number of carbonyl (C=O) groups is 1. The first-order valence-corrected chi connectivity index (χ1v) is 7.42. The van der Waals surface area contributed by atoms with Gasteiger partial charge in [0.25, 0.3) is 0 Å². The van der Waals surface area contributed by atoms with E-state index in [1.165, 1.54) is 4.31 Å². The van der Waals surface area contributed by atoms with E-state index in [9.17, 15) is 13.2 Å². The maximum absolute atomic E-state index is 12.2. The second kappa shape index (κ2) is 5.79. The zero-order valence-electron chi connectivity index (χ0n) is 10.1. The minimum atomic E-state index is -3.32. The molecule has 1 atom stereocenters. The Hall–Kier alpha value is -0.660. The van der Waals surface area contributed by atoms with Crippen LogP contribution in [0.4, 0.5) is 0 Å². The molecular formula is C10H21N3O3S. The molecule has 100 valence electrons. The Morgan fingerprint density at radius 2 is 1.94 bits per heavy atom. The number of hydrogen-bond acceptors (Lipinski definition) is 4. The lowest BCUT2D eigenvalue weighted by molar-refractivity contribution is -0.122. The summed E-state index contributed by atoms with van der Waals surface area (Å²) in [5, 5.41) is -0.521. The molecule has 1 amide bonds. The average molecular weight is 263 g/mol. The Kier molecular flexibility index (Phi) is 4.91. The third kappa shape index (κ3) is 3.17. The number of primary amides is 1. The van der Waals surface area contributed by atoms with Gasteiger partial charge < -0.3 is 11.5 Å². The van der Waals surface area contributed by atoms with Crippen LogP contribution in [0.15, 0.2) is 0 Å². The van der Waals surface area contributed by atoms with Crippen molar-refractivity contribution in [2.45, 2.75) is 31.4 Å². The number of nitrogens with zero attached hydrogens (tertiary/aromatic N) is 1. The lowest BCUT2D eigenvalue weighted by Crippen LogP contribution is -2.47. The van der Waals surface area contributed by atoms with Gasteiger partial charge in [-0.1, -0.05) is 6.92 Å². The maximum Gasteiger partial charge on any atom is 0.220 e. The molecule has 0 aromatic carbocycles. The molecule has 0 spiro atoms. The molecule has 0 aromatic rings. The number of sulfonamides is 1. The van der Waals surface area contributed by atoms with E-state index in [1.54, 1.807) is 0 Å². The van der Waals surface area contributed by atoms with Gasteiger partial charge >= 0.3 is 0 Å². The number of hydrogen-bond donors (Lipinski definition) is 2. The third-order valence-electron chi connectivity index (χ3n) is 3.36. The van der Waals surface area contributed by atoms with Gasteiger partial charge in [-0.05, 0) is 19.3 Å². The molecule has 1 aliphatic heterocycles. The standard InChI is InChI=1S/C10H21N3O3S/c1-2-9(7-11)17(15,16)13-5-3-8(4-6-13)10(12)14/h8-9H,2-7,11H2,1H3,(H2,12,14). The Labute approximate surface area is 102 Å². The van der Waals surface area contributed by atoms with Gasteiger partial charge in [0.15, 0.2) is 0 Å². The normalized spacial score (nSPS) is 21.3. The van der Waals surface area contributed by atoms with Gasteiger partial charge in [0.1, 0.15) is 0 Å². The SMILES string of the molecule is CCC(CN)S(=O)(=O)N1CCC(C(N)=O)CC1. The summed E-state index contributed by atoms with van der Waals surface area (Å²) in [5.41, 5.74) is 10.7. The first kappa shape index (κ1) is 14.4. The quantitative estimate of drug-likeness (QED) is 0.680. The summed E-state index contributed by atoms with van der Waals surface area (Å²) < 4.78 is 25.7. The van der Waals surface area contributed by atoms with Gasteiger partial charge in [0.05, 0.1) is 5.25 Å². The van der Waals surface area contributed by atoms with Crippen LogP contribution >= 0.6 is 0 Å². The summed E-state index contributed by atoms with van der Waals surface area (Å²) in [7, 11) is -3.32. The van der Waals surface area contributed by atoms with Crippen molar-refractivity contribution in [1.29, 1.82) is 0 Å². The van der Waals surface area contributed by atoms with Gasteiger partial charge in [-0.25, -0.2) is 12.7 Å². The summed E-state index contributed by atoms with van der Waals surface area (Å²) in [4.78, 5) is 11.0. The summed E-state index contributed by atoms with van der Waals surface area (Å²) in [6, 6.07) is 0. The van der Waals surface area contributed by atoms with Crippen LogP contribution in [0.3, 0.4) is 0 Å². The van der Waals surface area contributed by atoms with Crippen LogP contribution in [0.25, 0.3) is 0 Å². The molecule has 0 bridgehead atoms. The van der Waals surface area contributed by atoms with E-state index < -0.39 is 15.3 Å². The summed E-state index contributed by atoms with van der Waals surface area (Å²) >= 11 is 0. The van der Waals surface area contributed by atoms with E-state index >= 15 is 0 Å². The Bertz CT molecular complexity index is 357. The van der Waals surface area contributed by atoms with E-state index in [-0.39, 0.29) is 18.4 Å². The van der Waals surface area contributed by atoms with Crippen molar-refractivity contribution < 1.29 is 13.2 Å². The van der Waals surface area contributed by atoms with E-state index in [2.05, 4.69) is 0 Å². The van der Waals surface area contributed by atoms with E-state index in [0.717, 1.165) is 0 Å². The van der Waals surface area contributed by atoms with Crippen molar-refractivity contribution in [2.75, 3.05) is 19.6 Å². The smallest absolute Gasteiger partial charge is 0.220 e. The maximum atomic E-state index is 12.2. The molecule has 0 radical (unpaired) electrons. The van der Waals surface area contributed by atoms with Crippen LogP contribution in [0.1, 0.15) is 26.2 Å². The van der Waals surface area contributed by atoms with Crippen molar-refractivity contribution in [3.8, 4) is 0 Å². The van der Waals surface area contributed by atoms with Crippen molar-refractivity contribution in [3.05, 3.63) is 0 Å². The number of amides is 1. The molecule has 6 nitrogen and oxygen atoms in total. The molecule has 1 rings (SSSR count). The predicted octanol–water partition coefficient (Wildman–Crippen LogP) is -0.749. The average Bonchev–Trinajstić information content (AvgIpc) is 2.30. The summed E-state index contributed by atoms with van der Waals surface area (Å²) in [5.74, 6) is -0.535. The van der Waals surface area contributed by atoms with Gasteiger partial charge in [-0.15, -0.1) is 0 Å². The van der Waals surface area contributed by atoms with E-state index in [1.807, 2.05) is 6.92 Å². The molecule has 17 heavy (non-hydrogen) atoms. The van der Waals surface area contributed by atoms with Crippen LogP contribution in [-0.2, 0) is 14.8 Å². The molecule has 7 heteroatoms. The summed E-state index contributed by atoms with van der Waals surface area (Å²) in [6.45, 7) is 2.68. The van der Waals surface area contributed by atoms with Gasteiger partial charge in [0, 0.05) is 25.6 Å². The second-order valence-electron chi connectivity index (χ2n) is 4.39. The number of piperidine rings is 1. The Morgan fingerprint density at radius 3 is 2.29 bits per heavy atom. The molecule has 0 saturated carbocycles. The Morgan fingerprint density at radius 1 is 1.41 bits per heavy atom. The highest BCUT2D eigenvalue weighted by Gasteiger charge is 2.34. The molecule has 0 aromatic heterocycles. The largest absolute Gasteiger partial charge is 0.369 e. The fourth-order valence-electron chi connectivity index (χ4n) is 2.10. The van der Waals surface area contributed by atoms with E-state index in [4.69, 9.17) is 11.5 Å². The van der Waals surface area contributed by atoms with Gasteiger partial charge in [-0.3, -0.25) is 4.79 Å². The lowest BCUT2D eigenvalue weighted by atomic mass is 9.98. The zero-order chi connectivity index (χ0) is 13.1. The van der Waals surface area contributed by atoms with Crippen LogP contribution in [0, 0.1) is 5.92 Å². The van der Waals surface area contributed by atoms with Crippen molar-refractivity contribution >= 4 is 15.9 Å². The fourth-order valence-corrected chi connectivity index (χ4v) is 3.91. The zero-order valence-corrected chi connectivity index (χ0v) is 10.9. The first-order valence-electron chi connectivity index (χ1n) is 5.91. The number of nitrogens with two attached hydrogens (primary N) is 2. The molecule has 4 N–H and O–H groups in total. The highest BCUT2D eigenvalue weighted by atomic mass is 32.2. The second-order valence-corrected chi connectivity index (χ2v) is 6.60. The van der Waals surface area contributed by atoms with Crippen molar-refractivity contribution in [1.82, 2.24) is 4.31 Å². The first-order chi connectivity index (χ1) is 7.93. The molecule has 1 unspecified atom stereocenters. The van der Waals surface area contributed by atoms with Crippen molar-refractivity contribution in [3.63, 3.8) is 0 Å². The van der Waals surface area contributed by atoms with Crippen LogP contribution < -0.4 is 11.5 Å². The highest BCUT2D eigenvalue weighted by molar-refractivity contribution is 7.89.